The highest BCUT2D eigenvalue weighted by molar-refractivity contribution is 7.92. The number of nitriles is 1. The second-order valence-corrected chi connectivity index (χ2v) is 11.5. The fourth-order valence-corrected chi connectivity index (χ4v) is 6.54. The number of rotatable bonds is 8. The zero-order valence-corrected chi connectivity index (χ0v) is 22.0. The maximum Gasteiger partial charge on any atom is 0.264 e. The minimum absolute atomic E-state index is 0.0471. The van der Waals surface area contributed by atoms with Crippen LogP contribution in [0.25, 0.3) is 10.1 Å². The number of carbonyl (C=O) groups excluding carboxylic acids is 1. The molecule has 0 radical (unpaired) electrons. The first-order valence-corrected chi connectivity index (χ1v) is 14.0. The first-order chi connectivity index (χ1) is 18.4. The van der Waals surface area contributed by atoms with Gasteiger partial charge in [-0.2, -0.15) is 5.26 Å². The quantitative estimate of drug-likeness (QED) is 0.304. The minimum atomic E-state index is -3.93. The molecule has 1 amide bonds. The van der Waals surface area contributed by atoms with Gasteiger partial charge in [0.15, 0.2) is 0 Å². The SMILES string of the molecule is CNC(=O)c1cc2cc(N(Cc3cncn3Cc3ccc(C#N)cc3)S(=O)(=O)c3ccccc3)ccc2s1. The van der Waals surface area contributed by atoms with Crippen molar-refractivity contribution in [3.63, 3.8) is 0 Å². The van der Waals surface area contributed by atoms with Crippen molar-refractivity contribution in [2.75, 3.05) is 11.4 Å². The van der Waals surface area contributed by atoms with Gasteiger partial charge in [-0.1, -0.05) is 30.3 Å². The number of carbonyl (C=O) groups is 1. The van der Waals surface area contributed by atoms with E-state index < -0.39 is 10.0 Å². The Balaban J connectivity index is 1.54. The Labute approximate surface area is 224 Å². The van der Waals surface area contributed by atoms with Crippen LogP contribution in [-0.4, -0.2) is 30.9 Å². The molecule has 0 atom stereocenters. The standard InChI is InChI=1S/C28H23N5O3S2/c1-30-28(34)27-14-22-13-23(11-12-26(22)37-27)33(38(35,36)25-5-3-2-4-6-25)18-24-16-31-19-32(24)17-21-9-7-20(15-29)8-10-21/h2-14,16,19H,17-18H2,1H3,(H,30,34). The molecule has 0 aliphatic rings. The van der Waals surface area contributed by atoms with Gasteiger partial charge in [0.05, 0.1) is 45.7 Å². The molecule has 38 heavy (non-hydrogen) atoms. The Bertz CT molecular complexity index is 1750. The predicted molar refractivity (Wildman–Crippen MR) is 148 cm³/mol. The second kappa shape index (κ2) is 10.5. The summed E-state index contributed by atoms with van der Waals surface area (Å²) in [6.45, 7) is 0.519. The monoisotopic (exact) mass is 541 g/mol. The van der Waals surface area contributed by atoms with E-state index in [1.807, 2.05) is 22.8 Å². The van der Waals surface area contributed by atoms with Crippen molar-refractivity contribution >= 4 is 43.0 Å². The van der Waals surface area contributed by atoms with Gasteiger partial charge in [0.2, 0.25) is 0 Å². The first kappa shape index (κ1) is 25.2. The molecule has 5 aromatic rings. The van der Waals surface area contributed by atoms with Gasteiger partial charge in [0.1, 0.15) is 0 Å². The summed E-state index contributed by atoms with van der Waals surface area (Å²) >= 11 is 1.35. The average Bonchev–Trinajstić information content (AvgIpc) is 3.58. The summed E-state index contributed by atoms with van der Waals surface area (Å²) in [6, 6.07) is 24.8. The van der Waals surface area contributed by atoms with E-state index in [0.717, 1.165) is 15.6 Å². The number of benzene rings is 3. The molecule has 3 aromatic carbocycles. The van der Waals surface area contributed by atoms with Gasteiger partial charge in [0, 0.05) is 24.5 Å². The van der Waals surface area contributed by atoms with Crippen molar-refractivity contribution in [1.82, 2.24) is 14.9 Å². The number of hydrogen-bond acceptors (Lipinski definition) is 6. The first-order valence-electron chi connectivity index (χ1n) is 11.7. The molecule has 0 bridgehead atoms. The largest absolute Gasteiger partial charge is 0.354 e. The Morgan fingerprint density at radius 1 is 1.08 bits per heavy atom. The summed E-state index contributed by atoms with van der Waals surface area (Å²) in [7, 11) is -2.35. The molecule has 0 saturated carbocycles. The average molecular weight is 542 g/mol. The molecule has 0 fully saturated rings. The third kappa shape index (κ3) is 5.02. The van der Waals surface area contributed by atoms with Crippen LogP contribution in [0.4, 0.5) is 5.69 Å². The molecule has 2 heterocycles. The van der Waals surface area contributed by atoms with Gasteiger partial charge in [-0.15, -0.1) is 11.3 Å². The molecule has 0 saturated heterocycles. The van der Waals surface area contributed by atoms with Crippen molar-refractivity contribution < 1.29 is 13.2 Å². The van der Waals surface area contributed by atoms with Crippen molar-refractivity contribution in [1.29, 1.82) is 5.26 Å². The summed E-state index contributed by atoms with van der Waals surface area (Å²) in [5.41, 5.74) is 2.71. The van der Waals surface area contributed by atoms with Crippen LogP contribution in [0.3, 0.4) is 0 Å². The van der Waals surface area contributed by atoms with Gasteiger partial charge < -0.3 is 9.88 Å². The molecule has 0 aliphatic heterocycles. The fraction of sp³-hybridized carbons (Fsp3) is 0.107. The number of hydrogen-bond donors (Lipinski definition) is 1. The molecule has 0 spiro atoms. The number of amides is 1. The van der Waals surface area contributed by atoms with E-state index in [2.05, 4.69) is 16.4 Å². The number of imidazole rings is 1. The van der Waals surface area contributed by atoms with E-state index in [1.54, 1.807) is 80.2 Å². The van der Waals surface area contributed by atoms with Crippen LogP contribution >= 0.6 is 11.3 Å². The van der Waals surface area contributed by atoms with Crippen molar-refractivity contribution in [2.45, 2.75) is 18.0 Å². The van der Waals surface area contributed by atoms with Crippen LogP contribution in [0.15, 0.2) is 96.3 Å². The molecule has 0 unspecified atom stereocenters. The number of nitrogens with zero attached hydrogens (tertiary/aromatic N) is 4. The number of thiophene rings is 1. The maximum atomic E-state index is 13.9. The van der Waals surface area contributed by atoms with E-state index in [0.29, 0.717) is 28.4 Å². The lowest BCUT2D eigenvalue weighted by molar-refractivity contribution is 0.0967. The molecule has 5 rings (SSSR count). The zero-order valence-electron chi connectivity index (χ0n) is 20.4. The Kier molecular flexibility index (Phi) is 6.96. The van der Waals surface area contributed by atoms with E-state index >= 15 is 0 Å². The zero-order chi connectivity index (χ0) is 26.7. The summed E-state index contributed by atoms with van der Waals surface area (Å²) in [4.78, 5) is 17.2. The van der Waals surface area contributed by atoms with Crippen LogP contribution in [0.1, 0.15) is 26.5 Å². The van der Waals surface area contributed by atoms with E-state index in [-0.39, 0.29) is 17.3 Å². The second-order valence-electron chi connectivity index (χ2n) is 8.56. The van der Waals surface area contributed by atoms with Crippen LogP contribution < -0.4 is 9.62 Å². The summed E-state index contributed by atoms with van der Waals surface area (Å²) in [6.07, 6.45) is 3.32. The number of aromatic nitrogens is 2. The molecular weight excluding hydrogens is 518 g/mol. The molecule has 8 nitrogen and oxygen atoms in total. The van der Waals surface area contributed by atoms with Crippen LogP contribution in [-0.2, 0) is 23.1 Å². The maximum absolute atomic E-state index is 13.9. The van der Waals surface area contributed by atoms with E-state index in [4.69, 9.17) is 5.26 Å². The Morgan fingerprint density at radius 3 is 2.55 bits per heavy atom. The third-order valence-electron chi connectivity index (χ3n) is 6.11. The minimum Gasteiger partial charge on any atom is -0.354 e. The molecule has 2 aromatic heterocycles. The van der Waals surface area contributed by atoms with Gasteiger partial charge >= 0.3 is 0 Å². The number of anilines is 1. The van der Waals surface area contributed by atoms with Gasteiger partial charge in [-0.3, -0.25) is 9.10 Å². The highest BCUT2D eigenvalue weighted by atomic mass is 32.2. The topological polar surface area (TPSA) is 108 Å². The predicted octanol–water partition coefficient (Wildman–Crippen LogP) is 4.77. The highest BCUT2D eigenvalue weighted by Gasteiger charge is 2.27. The van der Waals surface area contributed by atoms with Gasteiger partial charge in [-0.05, 0) is 59.5 Å². The number of nitrogens with one attached hydrogen (secondary N) is 1. The smallest absolute Gasteiger partial charge is 0.264 e. The summed E-state index contributed by atoms with van der Waals surface area (Å²) in [5, 5.41) is 12.5. The van der Waals surface area contributed by atoms with Crippen LogP contribution in [0.2, 0.25) is 0 Å². The van der Waals surface area contributed by atoms with E-state index in [1.165, 1.54) is 15.6 Å². The fourth-order valence-electron chi connectivity index (χ4n) is 4.11. The lowest BCUT2D eigenvalue weighted by atomic mass is 10.1. The van der Waals surface area contributed by atoms with Crippen molar-refractivity contribution in [2.24, 2.45) is 0 Å². The number of sulfonamides is 1. The Morgan fingerprint density at radius 2 is 1.84 bits per heavy atom. The molecule has 1 N–H and O–H groups in total. The normalized spacial score (nSPS) is 11.3. The summed E-state index contributed by atoms with van der Waals surface area (Å²) < 4.78 is 31.9. The van der Waals surface area contributed by atoms with Crippen LogP contribution in [0, 0.1) is 11.3 Å². The van der Waals surface area contributed by atoms with Crippen LogP contribution in [0.5, 0.6) is 0 Å². The summed E-state index contributed by atoms with van der Waals surface area (Å²) in [5.74, 6) is -0.187. The van der Waals surface area contributed by atoms with Gasteiger partial charge in [-0.25, -0.2) is 13.4 Å². The van der Waals surface area contributed by atoms with Gasteiger partial charge in [0.25, 0.3) is 15.9 Å². The Hall–Kier alpha value is -4.46. The van der Waals surface area contributed by atoms with Crippen molar-refractivity contribution in [3.8, 4) is 6.07 Å². The molecule has 0 aliphatic carbocycles. The molecule has 10 heteroatoms. The van der Waals surface area contributed by atoms with Crippen molar-refractivity contribution in [3.05, 3.63) is 113 Å². The molecular formula is C28H23N5O3S2. The molecule has 190 valence electrons. The highest BCUT2D eigenvalue weighted by Crippen LogP contribution is 2.33. The third-order valence-corrected chi connectivity index (χ3v) is 9.01. The number of fused-ring (bicyclic) bond motifs is 1. The van der Waals surface area contributed by atoms with E-state index in [9.17, 15) is 13.2 Å². The lowest BCUT2D eigenvalue weighted by Gasteiger charge is -2.25. The lowest BCUT2D eigenvalue weighted by Crippen LogP contribution is -2.31.